The summed E-state index contributed by atoms with van der Waals surface area (Å²) in [5.74, 6) is 4.28. The van der Waals surface area contributed by atoms with Crippen molar-refractivity contribution >= 4 is 0 Å². The zero-order valence-electron chi connectivity index (χ0n) is 20.8. The van der Waals surface area contributed by atoms with E-state index in [9.17, 15) is 10.2 Å². The van der Waals surface area contributed by atoms with Crippen LogP contribution in [0.4, 0.5) is 0 Å². The average molecular weight is 429 g/mol. The first-order valence-electron chi connectivity index (χ1n) is 13.8. The maximum absolute atomic E-state index is 11.0. The van der Waals surface area contributed by atoms with Gasteiger partial charge in [-0.3, -0.25) is 0 Å². The zero-order valence-corrected chi connectivity index (χ0v) is 20.8. The topological polar surface area (TPSA) is 40.5 Å². The normalized spacial score (nSPS) is 48.9. The molecule has 31 heavy (non-hydrogen) atoms. The molecule has 0 aliphatic heterocycles. The van der Waals surface area contributed by atoms with Gasteiger partial charge in [-0.05, 0) is 117 Å². The molecule has 176 valence electrons. The third kappa shape index (κ3) is 3.67. The Hall–Kier alpha value is -0.340. The van der Waals surface area contributed by atoms with Crippen molar-refractivity contribution in [3.8, 4) is 0 Å². The predicted molar refractivity (Wildman–Crippen MR) is 128 cm³/mol. The van der Waals surface area contributed by atoms with E-state index in [1.54, 1.807) is 5.57 Å². The van der Waals surface area contributed by atoms with Gasteiger partial charge >= 0.3 is 0 Å². The Kier molecular flexibility index (Phi) is 5.50. The molecule has 2 N–H and O–H groups in total. The van der Waals surface area contributed by atoms with Crippen LogP contribution in [-0.4, -0.2) is 21.4 Å². The van der Waals surface area contributed by atoms with Gasteiger partial charge in [-0.2, -0.15) is 0 Å². The van der Waals surface area contributed by atoms with Crippen molar-refractivity contribution in [3.63, 3.8) is 0 Å². The Morgan fingerprint density at radius 1 is 0.968 bits per heavy atom. The Morgan fingerprint density at radius 2 is 1.71 bits per heavy atom. The molecule has 0 amide bonds. The lowest BCUT2D eigenvalue weighted by Gasteiger charge is -2.59. The summed E-state index contributed by atoms with van der Waals surface area (Å²) in [6, 6.07) is 0. The molecule has 0 aromatic rings. The molecule has 4 fully saturated rings. The number of fused-ring (bicyclic) bond motifs is 5. The summed E-state index contributed by atoms with van der Waals surface area (Å²) in [5, 5.41) is 21.2. The van der Waals surface area contributed by atoms with Gasteiger partial charge in [0.25, 0.3) is 0 Å². The van der Waals surface area contributed by atoms with Gasteiger partial charge in [-0.15, -0.1) is 0 Å². The van der Waals surface area contributed by atoms with Crippen LogP contribution in [0.15, 0.2) is 11.6 Å². The van der Waals surface area contributed by atoms with Gasteiger partial charge in [0, 0.05) is 0 Å². The minimum atomic E-state index is -0.442. The Labute approximate surface area is 191 Å². The second-order valence-electron chi connectivity index (χ2n) is 13.3. The van der Waals surface area contributed by atoms with Crippen molar-refractivity contribution in [2.45, 2.75) is 129 Å². The van der Waals surface area contributed by atoms with Gasteiger partial charge in [0.05, 0.1) is 11.2 Å². The molecule has 0 spiro atoms. The molecule has 0 radical (unpaired) electrons. The average Bonchev–Trinajstić information content (AvgIpc) is 3.35. The summed E-state index contributed by atoms with van der Waals surface area (Å²) in [4.78, 5) is 0. The van der Waals surface area contributed by atoms with Gasteiger partial charge in [-0.25, -0.2) is 0 Å². The number of rotatable bonds is 6. The van der Waals surface area contributed by atoms with Gasteiger partial charge in [0.2, 0.25) is 0 Å². The molecule has 0 bridgehead atoms. The summed E-state index contributed by atoms with van der Waals surface area (Å²) < 4.78 is 0. The van der Waals surface area contributed by atoms with E-state index in [2.05, 4.69) is 33.8 Å². The first kappa shape index (κ1) is 22.5. The van der Waals surface area contributed by atoms with E-state index >= 15 is 0 Å². The van der Waals surface area contributed by atoms with Crippen molar-refractivity contribution in [1.82, 2.24) is 0 Å². The molecule has 2 nitrogen and oxygen atoms in total. The Balaban J connectivity index is 1.29. The minimum Gasteiger partial charge on any atom is -0.390 e. The molecular formula is C29H48O2. The third-order valence-corrected chi connectivity index (χ3v) is 11.8. The molecule has 0 saturated heterocycles. The summed E-state index contributed by atoms with van der Waals surface area (Å²) in [5.41, 5.74) is 1.76. The molecule has 0 aromatic heterocycles. The lowest BCUT2D eigenvalue weighted by Crippen LogP contribution is -2.52. The van der Waals surface area contributed by atoms with E-state index in [4.69, 9.17) is 0 Å². The molecule has 0 aromatic carbocycles. The Morgan fingerprint density at radius 3 is 2.42 bits per heavy atom. The van der Waals surface area contributed by atoms with E-state index < -0.39 is 5.60 Å². The number of allylic oxidation sites excluding steroid dienone is 1. The van der Waals surface area contributed by atoms with Crippen LogP contribution in [0.5, 0.6) is 0 Å². The summed E-state index contributed by atoms with van der Waals surface area (Å²) in [6.45, 7) is 9.90. The van der Waals surface area contributed by atoms with Gasteiger partial charge < -0.3 is 10.2 Å². The van der Waals surface area contributed by atoms with Crippen LogP contribution in [0.3, 0.4) is 0 Å². The van der Waals surface area contributed by atoms with Gasteiger partial charge in [-0.1, -0.05) is 52.2 Å². The summed E-state index contributed by atoms with van der Waals surface area (Å²) >= 11 is 0. The lowest BCUT2D eigenvalue weighted by atomic mass is 9.46. The van der Waals surface area contributed by atoms with Crippen LogP contribution in [0.1, 0.15) is 118 Å². The van der Waals surface area contributed by atoms with Gasteiger partial charge in [0.1, 0.15) is 0 Å². The highest BCUT2D eigenvalue weighted by Crippen LogP contribution is 2.68. The lowest BCUT2D eigenvalue weighted by molar-refractivity contribution is -0.0755. The molecule has 5 aliphatic rings. The highest BCUT2D eigenvalue weighted by atomic mass is 16.3. The van der Waals surface area contributed by atoms with Crippen LogP contribution in [0.25, 0.3) is 0 Å². The Bertz CT molecular complexity index is 722. The second-order valence-corrected chi connectivity index (χ2v) is 13.3. The quantitative estimate of drug-likeness (QED) is 0.445. The van der Waals surface area contributed by atoms with E-state index in [1.165, 1.54) is 51.4 Å². The van der Waals surface area contributed by atoms with E-state index in [0.29, 0.717) is 10.8 Å². The molecule has 4 saturated carbocycles. The maximum atomic E-state index is 11.0. The SMILES string of the molecule is CC[C@]1(O)CC[C@@]2(C)C(=CC[C@H]3[C@@H]4CC[C@H]([C@H](C)CCCC5(O)CC5)[C@@]4(C)CC[C@@H]32)C1. The van der Waals surface area contributed by atoms with Crippen molar-refractivity contribution < 1.29 is 10.2 Å². The van der Waals surface area contributed by atoms with Gasteiger partial charge in [0.15, 0.2) is 0 Å². The molecule has 0 heterocycles. The maximum Gasteiger partial charge on any atom is 0.0682 e. The molecule has 5 aliphatic carbocycles. The van der Waals surface area contributed by atoms with Crippen molar-refractivity contribution in [1.29, 1.82) is 0 Å². The monoisotopic (exact) mass is 428 g/mol. The summed E-state index contributed by atoms with van der Waals surface area (Å²) in [7, 11) is 0. The minimum absolute atomic E-state index is 0.272. The molecule has 8 atom stereocenters. The van der Waals surface area contributed by atoms with Crippen LogP contribution in [-0.2, 0) is 0 Å². The first-order chi connectivity index (χ1) is 14.6. The van der Waals surface area contributed by atoms with Crippen molar-refractivity contribution in [3.05, 3.63) is 11.6 Å². The highest BCUT2D eigenvalue weighted by molar-refractivity contribution is 5.27. The fourth-order valence-corrected chi connectivity index (χ4v) is 9.34. The van der Waals surface area contributed by atoms with E-state index in [-0.39, 0.29) is 5.60 Å². The van der Waals surface area contributed by atoms with E-state index in [0.717, 1.165) is 68.1 Å². The second kappa shape index (κ2) is 7.59. The fraction of sp³-hybridized carbons (Fsp3) is 0.931. The highest BCUT2D eigenvalue weighted by Gasteiger charge is 2.59. The van der Waals surface area contributed by atoms with Crippen LogP contribution in [0.2, 0.25) is 0 Å². The molecular weight excluding hydrogens is 380 g/mol. The fourth-order valence-electron chi connectivity index (χ4n) is 9.34. The van der Waals surface area contributed by atoms with Crippen LogP contribution in [0, 0.1) is 40.4 Å². The third-order valence-electron chi connectivity index (χ3n) is 11.8. The standard InChI is InChI=1S/C29H48O2/c1-5-28(30)16-15-26(3)21(19-28)8-9-22-24-11-10-23(27(24,4)14-12-25(22)26)20(2)7-6-13-29(31)17-18-29/h8,20,22-25,30-31H,5-7,9-19H2,1-4H3/t20-,22+,23-,24+,25+,26+,27-,28+/m1/s1. The van der Waals surface area contributed by atoms with Crippen LogP contribution >= 0.6 is 0 Å². The molecule has 5 rings (SSSR count). The summed E-state index contributed by atoms with van der Waals surface area (Å²) in [6.07, 6.45) is 19.2. The number of hydrogen-bond acceptors (Lipinski definition) is 2. The van der Waals surface area contributed by atoms with Crippen molar-refractivity contribution in [2.24, 2.45) is 40.4 Å². The number of aliphatic hydroxyl groups is 2. The predicted octanol–water partition coefficient (Wildman–Crippen LogP) is 7.04. The molecule has 0 unspecified atom stereocenters. The largest absolute Gasteiger partial charge is 0.390 e. The smallest absolute Gasteiger partial charge is 0.0682 e. The zero-order chi connectivity index (χ0) is 22.1. The molecule has 2 heteroatoms. The first-order valence-corrected chi connectivity index (χ1v) is 13.8. The van der Waals surface area contributed by atoms with Crippen LogP contribution < -0.4 is 0 Å². The number of hydrogen-bond donors (Lipinski definition) is 2. The van der Waals surface area contributed by atoms with E-state index in [1.807, 2.05) is 0 Å². The van der Waals surface area contributed by atoms with Crippen molar-refractivity contribution in [2.75, 3.05) is 0 Å².